The Labute approximate surface area is 177 Å². The number of sulfonamides is 1. The van der Waals surface area contributed by atoms with E-state index in [0.29, 0.717) is 5.56 Å². The molecule has 3 aromatic rings. The van der Waals surface area contributed by atoms with Gasteiger partial charge in [0.05, 0.1) is 4.90 Å². The lowest BCUT2D eigenvalue weighted by Crippen LogP contribution is -2.33. The van der Waals surface area contributed by atoms with Crippen molar-refractivity contribution >= 4 is 37.9 Å². The number of benzene rings is 2. The maximum Gasteiger partial charge on any atom is 0.322 e. The largest absolute Gasteiger partial charge is 0.403 e. The van der Waals surface area contributed by atoms with Gasteiger partial charge in [-0.2, -0.15) is 4.31 Å². The van der Waals surface area contributed by atoms with E-state index >= 15 is 0 Å². The first-order valence-corrected chi connectivity index (χ1v) is 10.9. The molecule has 1 amide bonds. The molecule has 0 saturated heterocycles. The fraction of sp³-hybridized carbons (Fsp3) is 0.211. The van der Waals surface area contributed by atoms with Crippen molar-refractivity contribution in [3.63, 3.8) is 0 Å². The first-order chi connectivity index (χ1) is 13.7. The summed E-state index contributed by atoms with van der Waals surface area (Å²) in [5, 5.41) is 10.3. The van der Waals surface area contributed by atoms with Gasteiger partial charge >= 0.3 is 6.01 Å². The van der Waals surface area contributed by atoms with Gasteiger partial charge in [0.25, 0.3) is 5.91 Å². The Morgan fingerprint density at radius 2 is 1.83 bits per heavy atom. The lowest BCUT2D eigenvalue weighted by molar-refractivity contribution is 0.102. The number of anilines is 1. The number of halogens is 1. The number of amides is 1. The Hall–Kier alpha value is -2.56. The van der Waals surface area contributed by atoms with Gasteiger partial charge < -0.3 is 4.42 Å². The minimum absolute atomic E-state index is 0.0544. The van der Waals surface area contributed by atoms with Gasteiger partial charge in [0.15, 0.2) is 0 Å². The number of carbonyl (C=O) groups is 1. The summed E-state index contributed by atoms with van der Waals surface area (Å²) in [6.45, 7) is 3.57. The van der Waals surface area contributed by atoms with Crippen LogP contribution in [0.25, 0.3) is 11.5 Å². The lowest BCUT2D eigenvalue weighted by Gasteiger charge is -2.20. The molecule has 2 aromatic carbocycles. The van der Waals surface area contributed by atoms with Gasteiger partial charge in [-0.25, -0.2) is 8.42 Å². The van der Waals surface area contributed by atoms with Crippen LogP contribution in [0.4, 0.5) is 6.01 Å². The van der Waals surface area contributed by atoms with Gasteiger partial charge in [0.2, 0.25) is 15.9 Å². The number of rotatable bonds is 6. The predicted octanol–water partition coefficient (Wildman–Crippen LogP) is 3.78. The smallest absolute Gasteiger partial charge is 0.322 e. The monoisotopic (exact) mass is 478 g/mol. The fourth-order valence-corrected chi connectivity index (χ4v) is 4.17. The van der Waals surface area contributed by atoms with Crippen molar-refractivity contribution in [2.24, 2.45) is 0 Å². The van der Waals surface area contributed by atoms with E-state index in [2.05, 4.69) is 31.4 Å². The Morgan fingerprint density at radius 1 is 1.14 bits per heavy atom. The highest BCUT2D eigenvalue weighted by Gasteiger charge is 2.23. The van der Waals surface area contributed by atoms with Crippen LogP contribution in [0.15, 0.2) is 62.3 Å². The molecule has 0 spiro atoms. The average molecular weight is 479 g/mol. The summed E-state index contributed by atoms with van der Waals surface area (Å²) >= 11 is 3.37. The summed E-state index contributed by atoms with van der Waals surface area (Å²) in [7, 11) is -2.10. The maximum atomic E-state index is 12.5. The van der Waals surface area contributed by atoms with Crippen molar-refractivity contribution in [3.05, 3.63) is 58.6 Å². The Morgan fingerprint density at radius 3 is 2.45 bits per heavy atom. The van der Waals surface area contributed by atoms with Crippen molar-refractivity contribution in [1.29, 1.82) is 0 Å². The zero-order chi connectivity index (χ0) is 21.2. The van der Waals surface area contributed by atoms with Crippen LogP contribution in [0.5, 0.6) is 0 Å². The van der Waals surface area contributed by atoms with Gasteiger partial charge in [-0.3, -0.25) is 10.1 Å². The second-order valence-electron chi connectivity index (χ2n) is 6.52. The van der Waals surface area contributed by atoms with Gasteiger partial charge in [0.1, 0.15) is 0 Å². The molecular formula is C19H19BrN4O4S. The van der Waals surface area contributed by atoms with E-state index in [4.69, 9.17) is 4.42 Å². The quantitative estimate of drug-likeness (QED) is 0.577. The SMILES string of the molecule is CC(C)N(C)S(=O)(=O)c1ccc(C(=O)Nc2nnc(-c3cccc(Br)c3)o2)cc1. The molecule has 0 unspecified atom stereocenters. The summed E-state index contributed by atoms with van der Waals surface area (Å²) < 4.78 is 32.6. The average Bonchev–Trinajstić information content (AvgIpc) is 3.16. The van der Waals surface area contributed by atoms with Crippen molar-refractivity contribution < 1.29 is 17.6 Å². The summed E-state index contributed by atoms with van der Waals surface area (Å²) in [5.74, 6) is -0.227. The molecule has 1 N–H and O–H groups in total. The standard InChI is InChI=1S/C19H19BrN4O4S/c1-12(2)24(3)29(26,27)16-9-7-13(8-10-16)17(25)21-19-23-22-18(28-19)14-5-4-6-15(20)11-14/h4-12H,1-3H3,(H,21,23,25). The predicted molar refractivity (Wildman–Crippen MR) is 112 cm³/mol. The summed E-state index contributed by atoms with van der Waals surface area (Å²) in [5.41, 5.74) is 0.967. The van der Waals surface area contributed by atoms with Crippen molar-refractivity contribution in [3.8, 4) is 11.5 Å². The Balaban J connectivity index is 1.74. The minimum atomic E-state index is -3.61. The number of aromatic nitrogens is 2. The van der Waals surface area contributed by atoms with Gasteiger partial charge in [0, 0.05) is 28.7 Å². The van der Waals surface area contributed by atoms with Gasteiger partial charge in [-0.05, 0) is 56.3 Å². The number of hydrogen-bond donors (Lipinski definition) is 1. The van der Waals surface area contributed by atoms with E-state index in [1.54, 1.807) is 19.9 Å². The van der Waals surface area contributed by atoms with E-state index < -0.39 is 15.9 Å². The molecular weight excluding hydrogens is 460 g/mol. The summed E-state index contributed by atoms with van der Waals surface area (Å²) in [6, 6.07) is 12.7. The van der Waals surface area contributed by atoms with Crippen LogP contribution >= 0.6 is 15.9 Å². The molecule has 0 aliphatic heterocycles. The molecule has 0 radical (unpaired) electrons. The van der Waals surface area contributed by atoms with E-state index in [-0.39, 0.29) is 28.4 Å². The molecule has 29 heavy (non-hydrogen) atoms. The third-order valence-corrected chi connectivity index (χ3v) is 6.78. The maximum absolute atomic E-state index is 12.5. The molecule has 0 saturated carbocycles. The van der Waals surface area contributed by atoms with Crippen LogP contribution in [0.1, 0.15) is 24.2 Å². The number of hydrogen-bond acceptors (Lipinski definition) is 6. The second-order valence-corrected chi connectivity index (χ2v) is 9.43. The molecule has 0 aliphatic rings. The number of nitrogens with one attached hydrogen (secondary N) is 1. The topological polar surface area (TPSA) is 105 Å². The zero-order valence-electron chi connectivity index (χ0n) is 16.0. The van der Waals surface area contributed by atoms with Crippen LogP contribution in [0, 0.1) is 0 Å². The fourth-order valence-electron chi connectivity index (χ4n) is 2.40. The summed E-state index contributed by atoms with van der Waals surface area (Å²) in [4.78, 5) is 12.5. The first kappa shape index (κ1) is 21.2. The van der Waals surface area contributed by atoms with Crippen LogP contribution < -0.4 is 5.32 Å². The molecule has 10 heteroatoms. The zero-order valence-corrected chi connectivity index (χ0v) is 18.4. The highest BCUT2D eigenvalue weighted by molar-refractivity contribution is 9.10. The second kappa shape index (κ2) is 8.44. The third kappa shape index (κ3) is 4.72. The third-order valence-electron chi connectivity index (χ3n) is 4.24. The molecule has 8 nitrogen and oxygen atoms in total. The van der Waals surface area contributed by atoms with E-state index in [1.807, 2.05) is 18.2 Å². The molecule has 0 atom stereocenters. The first-order valence-electron chi connectivity index (χ1n) is 8.67. The lowest BCUT2D eigenvalue weighted by atomic mass is 10.2. The Bertz CT molecular complexity index is 1130. The molecule has 1 aromatic heterocycles. The van der Waals surface area contributed by atoms with Crippen LogP contribution in [-0.2, 0) is 10.0 Å². The normalized spacial score (nSPS) is 11.8. The van der Waals surface area contributed by atoms with Crippen molar-refractivity contribution in [2.45, 2.75) is 24.8 Å². The van der Waals surface area contributed by atoms with Gasteiger partial charge in [-0.15, -0.1) is 5.10 Å². The molecule has 0 aliphatic carbocycles. The number of nitrogens with zero attached hydrogens (tertiary/aromatic N) is 3. The highest BCUT2D eigenvalue weighted by atomic mass is 79.9. The molecule has 1 heterocycles. The van der Waals surface area contributed by atoms with Crippen molar-refractivity contribution in [1.82, 2.24) is 14.5 Å². The molecule has 3 rings (SSSR count). The number of carbonyl (C=O) groups excluding carboxylic acids is 1. The summed E-state index contributed by atoms with van der Waals surface area (Å²) in [6.07, 6.45) is 0. The van der Waals surface area contributed by atoms with E-state index in [0.717, 1.165) is 4.47 Å². The highest BCUT2D eigenvalue weighted by Crippen LogP contribution is 2.23. The Kier molecular flexibility index (Phi) is 6.15. The van der Waals surface area contributed by atoms with Crippen LogP contribution in [0.2, 0.25) is 0 Å². The van der Waals surface area contributed by atoms with E-state index in [1.165, 1.54) is 35.6 Å². The van der Waals surface area contributed by atoms with Crippen LogP contribution in [0.3, 0.4) is 0 Å². The molecule has 0 bridgehead atoms. The van der Waals surface area contributed by atoms with Crippen molar-refractivity contribution in [2.75, 3.05) is 12.4 Å². The molecule has 152 valence electrons. The minimum Gasteiger partial charge on any atom is -0.403 e. The molecule has 0 fully saturated rings. The van der Waals surface area contributed by atoms with E-state index in [9.17, 15) is 13.2 Å². The van der Waals surface area contributed by atoms with Crippen LogP contribution in [-0.4, -0.2) is 41.9 Å². The van der Waals surface area contributed by atoms with Gasteiger partial charge in [-0.1, -0.05) is 27.1 Å².